The zero-order valence-electron chi connectivity index (χ0n) is 20.1. The smallest absolute Gasteiger partial charge is 0.243 e. The summed E-state index contributed by atoms with van der Waals surface area (Å²) in [5.74, 6) is 1.57. The van der Waals surface area contributed by atoms with E-state index in [9.17, 15) is 14.4 Å². The first-order chi connectivity index (χ1) is 16.4. The second-order valence-electron chi connectivity index (χ2n) is 10.8. The van der Waals surface area contributed by atoms with E-state index < -0.39 is 0 Å². The van der Waals surface area contributed by atoms with Gasteiger partial charge in [-0.05, 0) is 80.5 Å². The van der Waals surface area contributed by atoms with Gasteiger partial charge < -0.3 is 25.2 Å². The van der Waals surface area contributed by atoms with Gasteiger partial charge in [0.05, 0.1) is 26.3 Å². The number of nitrogens with one attached hydrogen (secondary N) is 2. The lowest BCUT2D eigenvalue weighted by Crippen LogP contribution is -2.54. The van der Waals surface area contributed by atoms with Crippen LogP contribution in [0.5, 0.6) is 0 Å². The molecule has 0 atom stereocenters. The summed E-state index contributed by atoms with van der Waals surface area (Å²) < 4.78 is 5.38. The molecular weight excluding hydrogens is 432 g/mol. The van der Waals surface area contributed by atoms with Gasteiger partial charge in [0.1, 0.15) is 0 Å². The first kappa shape index (κ1) is 23.1. The van der Waals surface area contributed by atoms with E-state index in [4.69, 9.17) is 4.74 Å². The van der Waals surface area contributed by atoms with Crippen molar-refractivity contribution in [1.29, 1.82) is 0 Å². The molecule has 34 heavy (non-hydrogen) atoms. The fourth-order valence-corrected chi connectivity index (χ4v) is 6.95. The highest BCUT2D eigenvalue weighted by molar-refractivity contribution is 5.95. The normalized spacial score (nSPS) is 29.6. The maximum Gasteiger partial charge on any atom is 0.243 e. The maximum atomic E-state index is 13.1. The molecule has 0 aromatic heterocycles. The van der Waals surface area contributed by atoms with E-state index >= 15 is 0 Å². The van der Waals surface area contributed by atoms with Gasteiger partial charge in [0.15, 0.2) is 0 Å². The number of rotatable bonds is 7. The molecule has 184 valence electrons. The summed E-state index contributed by atoms with van der Waals surface area (Å²) in [4.78, 5) is 41.7. The van der Waals surface area contributed by atoms with Gasteiger partial charge in [-0.15, -0.1) is 0 Å². The number of likely N-dealkylation sites (N-methyl/N-ethyl adjacent to an activating group) is 1. The van der Waals surface area contributed by atoms with Crippen molar-refractivity contribution in [3.05, 3.63) is 24.3 Å². The van der Waals surface area contributed by atoms with Crippen LogP contribution in [0.3, 0.4) is 0 Å². The summed E-state index contributed by atoms with van der Waals surface area (Å²) in [6.45, 7) is 3.05. The van der Waals surface area contributed by atoms with Crippen LogP contribution in [0.4, 0.5) is 11.4 Å². The summed E-state index contributed by atoms with van der Waals surface area (Å²) in [5.41, 5.74) is 1.53. The highest BCUT2D eigenvalue weighted by Crippen LogP contribution is 2.60. The molecule has 6 rings (SSSR count). The number of carbonyl (C=O) groups excluding carboxylic acids is 3. The minimum atomic E-state index is -0.266. The van der Waals surface area contributed by atoms with Crippen molar-refractivity contribution in [2.75, 3.05) is 56.7 Å². The molecule has 4 saturated carbocycles. The molecule has 4 aliphatic carbocycles. The van der Waals surface area contributed by atoms with Crippen LogP contribution in [-0.2, 0) is 19.1 Å². The molecule has 3 amide bonds. The lowest BCUT2D eigenvalue weighted by atomic mass is 9.49. The van der Waals surface area contributed by atoms with Crippen LogP contribution in [0.15, 0.2) is 24.3 Å². The minimum Gasteiger partial charge on any atom is -0.378 e. The third-order valence-electron chi connectivity index (χ3n) is 8.25. The zero-order chi connectivity index (χ0) is 23.7. The van der Waals surface area contributed by atoms with Crippen LogP contribution in [0, 0.1) is 23.2 Å². The summed E-state index contributed by atoms with van der Waals surface area (Å²) in [7, 11) is 1.60. The summed E-state index contributed by atoms with van der Waals surface area (Å²) in [6, 6.07) is 7.71. The summed E-state index contributed by atoms with van der Waals surface area (Å²) in [5, 5.41) is 5.75. The monoisotopic (exact) mass is 468 g/mol. The van der Waals surface area contributed by atoms with E-state index in [-0.39, 0.29) is 36.2 Å². The van der Waals surface area contributed by atoms with Gasteiger partial charge >= 0.3 is 0 Å². The van der Waals surface area contributed by atoms with Crippen LogP contribution < -0.4 is 15.5 Å². The highest BCUT2D eigenvalue weighted by atomic mass is 16.5. The van der Waals surface area contributed by atoms with Gasteiger partial charge in [-0.1, -0.05) is 0 Å². The van der Waals surface area contributed by atoms with Gasteiger partial charge in [-0.2, -0.15) is 0 Å². The number of morpholine rings is 1. The quantitative estimate of drug-likeness (QED) is 0.641. The van der Waals surface area contributed by atoms with Gasteiger partial charge in [0.2, 0.25) is 17.7 Å². The Morgan fingerprint density at radius 1 is 1.00 bits per heavy atom. The van der Waals surface area contributed by atoms with Crippen molar-refractivity contribution >= 4 is 29.1 Å². The van der Waals surface area contributed by atoms with Gasteiger partial charge in [-0.3, -0.25) is 14.4 Å². The predicted molar refractivity (Wildman–Crippen MR) is 129 cm³/mol. The SMILES string of the molecule is CN(CC(=O)Nc1ccc(N2CCOCC2)cc1)C(=O)CNC(=O)C12CC3CC(CC(C3)C1)C2. The Hall–Kier alpha value is -2.61. The van der Waals surface area contributed by atoms with Crippen molar-refractivity contribution < 1.29 is 19.1 Å². The molecule has 0 unspecified atom stereocenters. The molecule has 5 fully saturated rings. The Labute approximate surface area is 201 Å². The molecule has 1 aromatic carbocycles. The Bertz CT molecular complexity index is 890. The Morgan fingerprint density at radius 3 is 2.18 bits per heavy atom. The van der Waals surface area contributed by atoms with Crippen molar-refractivity contribution in [1.82, 2.24) is 10.2 Å². The molecule has 4 bridgehead atoms. The maximum absolute atomic E-state index is 13.1. The number of anilines is 2. The van der Waals surface area contributed by atoms with Crippen molar-refractivity contribution in [2.45, 2.75) is 38.5 Å². The average molecular weight is 469 g/mol. The second kappa shape index (κ2) is 9.56. The molecule has 1 aliphatic heterocycles. The average Bonchev–Trinajstić information content (AvgIpc) is 2.82. The zero-order valence-corrected chi connectivity index (χ0v) is 20.1. The number of amides is 3. The molecule has 1 saturated heterocycles. The van der Waals surface area contributed by atoms with E-state index in [2.05, 4.69) is 15.5 Å². The van der Waals surface area contributed by atoms with E-state index in [1.807, 2.05) is 24.3 Å². The molecule has 1 heterocycles. The Kier molecular flexibility index (Phi) is 6.51. The van der Waals surface area contributed by atoms with Gasteiger partial charge in [0, 0.05) is 36.9 Å². The van der Waals surface area contributed by atoms with Crippen LogP contribution in [0.25, 0.3) is 0 Å². The van der Waals surface area contributed by atoms with Crippen LogP contribution in [0.1, 0.15) is 38.5 Å². The first-order valence-corrected chi connectivity index (χ1v) is 12.6. The first-order valence-electron chi connectivity index (χ1n) is 12.6. The van der Waals surface area contributed by atoms with E-state index in [0.29, 0.717) is 23.4 Å². The largest absolute Gasteiger partial charge is 0.378 e. The number of carbonyl (C=O) groups is 3. The van der Waals surface area contributed by atoms with Crippen LogP contribution >= 0.6 is 0 Å². The minimum absolute atomic E-state index is 0.0400. The molecule has 8 nitrogen and oxygen atoms in total. The van der Waals surface area contributed by atoms with Crippen LogP contribution in [0.2, 0.25) is 0 Å². The summed E-state index contributed by atoms with van der Waals surface area (Å²) in [6.07, 6.45) is 6.75. The molecule has 0 radical (unpaired) electrons. The number of ether oxygens (including phenoxy) is 1. The van der Waals surface area contributed by atoms with E-state index in [1.54, 1.807) is 7.05 Å². The third-order valence-corrected chi connectivity index (χ3v) is 8.25. The molecule has 8 heteroatoms. The number of hydrogen-bond acceptors (Lipinski definition) is 5. The van der Waals surface area contributed by atoms with Gasteiger partial charge in [-0.25, -0.2) is 0 Å². The fourth-order valence-electron chi connectivity index (χ4n) is 6.95. The Balaban J connectivity index is 1.07. The van der Waals surface area contributed by atoms with Gasteiger partial charge in [0.25, 0.3) is 0 Å². The second-order valence-corrected chi connectivity index (χ2v) is 10.8. The molecular formula is C26H36N4O4. The molecule has 5 aliphatic rings. The third kappa shape index (κ3) is 4.92. The summed E-state index contributed by atoms with van der Waals surface area (Å²) >= 11 is 0. The van der Waals surface area contributed by atoms with E-state index in [0.717, 1.165) is 51.3 Å². The lowest BCUT2D eigenvalue weighted by molar-refractivity contribution is -0.147. The fraction of sp³-hybridized carbons (Fsp3) is 0.654. The number of benzene rings is 1. The topological polar surface area (TPSA) is 91.0 Å². The lowest BCUT2D eigenvalue weighted by Gasteiger charge is -2.55. The predicted octanol–water partition coefficient (Wildman–Crippen LogP) is 2.25. The van der Waals surface area contributed by atoms with Crippen LogP contribution in [-0.4, -0.2) is 69.1 Å². The van der Waals surface area contributed by atoms with Crippen molar-refractivity contribution in [3.8, 4) is 0 Å². The van der Waals surface area contributed by atoms with Crippen molar-refractivity contribution in [3.63, 3.8) is 0 Å². The number of nitrogens with zero attached hydrogens (tertiary/aromatic N) is 2. The Morgan fingerprint density at radius 2 is 1.59 bits per heavy atom. The molecule has 0 spiro atoms. The number of hydrogen-bond donors (Lipinski definition) is 2. The standard InChI is InChI=1S/C26H36N4O4/c1-29(17-23(31)28-21-2-4-22(5-3-21)30-6-8-34-9-7-30)24(32)16-27-25(33)26-13-18-10-19(14-26)12-20(11-18)15-26/h2-5,18-20H,6-17H2,1H3,(H,27,33)(H,28,31). The highest BCUT2D eigenvalue weighted by Gasteiger charge is 2.54. The molecule has 1 aromatic rings. The van der Waals surface area contributed by atoms with Crippen molar-refractivity contribution in [2.24, 2.45) is 23.2 Å². The molecule has 2 N–H and O–H groups in total. The van der Waals surface area contributed by atoms with E-state index in [1.165, 1.54) is 24.2 Å².